The standard InChI is InChI=1S/C26H36N6O11/c1-13(21(37)27-11-20(35)36)30-25(41)18(10-19(33)34)32-24(40)15(3)29-22(38)14(2)28-23(39)16(4)31-26(42)43-12-17-8-6-5-7-9-17/h5-9,13-16,18H,10-12H2,1-4H3,(H,27,37)(H,28,39)(H,29,38)(H,30,41)(H,31,42)(H,32,40)(H,33,34)(H,35,36)/t13-,14-,15-,16-,18-/m0/s1. The van der Waals surface area contributed by atoms with Gasteiger partial charge in [0.2, 0.25) is 29.5 Å². The van der Waals surface area contributed by atoms with Gasteiger partial charge in [0.25, 0.3) is 0 Å². The molecule has 0 saturated carbocycles. The van der Waals surface area contributed by atoms with Gasteiger partial charge in [0.15, 0.2) is 0 Å². The molecular formula is C26H36N6O11. The van der Waals surface area contributed by atoms with Crippen LogP contribution in [0.15, 0.2) is 30.3 Å². The number of carbonyl (C=O) groups excluding carboxylic acids is 6. The summed E-state index contributed by atoms with van der Waals surface area (Å²) in [7, 11) is 0. The molecule has 0 aliphatic rings. The van der Waals surface area contributed by atoms with Gasteiger partial charge in [-0.25, -0.2) is 4.79 Å². The largest absolute Gasteiger partial charge is 0.481 e. The minimum Gasteiger partial charge on any atom is -0.481 e. The molecule has 0 unspecified atom stereocenters. The van der Waals surface area contributed by atoms with Crippen LogP contribution in [0.1, 0.15) is 39.7 Å². The number of rotatable bonds is 16. The number of amides is 6. The molecule has 0 saturated heterocycles. The van der Waals surface area contributed by atoms with Gasteiger partial charge in [-0.15, -0.1) is 0 Å². The number of alkyl carbamates (subject to hydrolysis) is 1. The number of benzene rings is 1. The molecule has 6 amide bonds. The van der Waals surface area contributed by atoms with Crippen molar-refractivity contribution in [2.45, 2.75) is 70.9 Å². The average Bonchev–Trinajstić information content (AvgIpc) is 2.94. The highest BCUT2D eigenvalue weighted by molar-refractivity contribution is 5.97. The molecule has 1 aromatic carbocycles. The Kier molecular flexibility index (Phi) is 14.6. The number of aliphatic carboxylic acids is 2. The Morgan fingerprint density at radius 3 is 1.60 bits per heavy atom. The Labute approximate surface area is 246 Å². The summed E-state index contributed by atoms with van der Waals surface area (Å²) in [5, 5.41) is 31.2. The van der Waals surface area contributed by atoms with E-state index in [1.165, 1.54) is 27.7 Å². The third-order valence-corrected chi connectivity index (χ3v) is 5.62. The van der Waals surface area contributed by atoms with Gasteiger partial charge in [0.1, 0.15) is 43.4 Å². The molecule has 0 heterocycles. The maximum atomic E-state index is 12.6. The van der Waals surface area contributed by atoms with Gasteiger partial charge in [-0.3, -0.25) is 33.6 Å². The molecular weight excluding hydrogens is 572 g/mol. The molecule has 5 atom stereocenters. The Balaban J connectivity index is 2.61. The van der Waals surface area contributed by atoms with Gasteiger partial charge in [-0.1, -0.05) is 30.3 Å². The lowest BCUT2D eigenvalue weighted by atomic mass is 10.1. The zero-order chi connectivity index (χ0) is 32.7. The molecule has 0 aliphatic carbocycles. The van der Waals surface area contributed by atoms with Crippen LogP contribution in [0.25, 0.3) is 0 Å². The first kappa shape index (κ1) is 35.8. The number of hydrogen-bond donors (Lipinski definition) is 8. The third kappa shape index (κ3) is 13.8. The third-order valence-electron chi connectivity index (χ3n) is 5.62. The maximum absolute atomic E-state index is 12.6. The average molecular weight is 609 g/mol. The molecule has 0 aliphatic heterocycles. The molecule has 0 bridgehead atoms. The predicted molar refractivity (Wildman–Crippen MR) is 147 cm³/mol. The molecule has 0 spiro atoms. The minimum absolute atomic E-state index is 0.0180. The van der Waals surface area contributed by atoms with E-state index in [0.717, 1.165) is 5.56 Å². The highest BCUT2D eigenvalue weighted by Crippen LogP contribution is 2.01. The number of carboxylic acid groups (broad SMARTS) is 2. The predicted octanol–water partition coefficient (Wildman–Crippen LogP) is -2.02. The summed E-state index contributed by atoms with van der Waals surface area (Å²) in [5.41, 5.74) is 0.739. The molecule has 43 heavy (non-hydrogen) atoms. The topological polar surface area (TPSA) is 258 Å². The first-order valence-electron chi connectivity index (χ1n) is 13.0. The fourth-order valence-electron chi connectivity index (χ4n) is 3.19. The van der Waals surface area contributed by atoms with Crippen LogP contribution < -0.4 is 31.9 Å². The lowest BCUT2D eigenvalue weighted by molar-refractivity contribution is -0.141. The summed E-state index contributed by atoms with van der Waals surface area (Å²) < 4.78 is 5.04. The van der Waals surface area contributed by atoms with E-state index in [0.29, 0.717) is 0 Å². The van der Waals surface area contributed by atoms with E-state index in [1.54, 1.807) is 30.3 Å². The smallest absolute Gasteiger partial charge is 0.408 e. The second-order valence-electron chi connectivity index (χ2n) is 9.39. The van der Waals surface area contributed by atoms with Gasteiger partial charge in [0, 0.05) is 0 Å². The molecule has 236 valence electrons. The summed E-state index contributed by atoms with van der Waals surface area (Å²) in [6, 6.07) is 2.39. The van der Waals surface area contributed by atoms with E-state index in [1.807, 2.05) is 5.32 Å². The summed E-state index contributed by atoms with van der Waals surface area (Å²) in [6.45, 7) is 4.42. The van der Waals surface area contributed by atoms with Crippen LogP contribution in [0, 0.1) is 0 Å². The molecule has 0 radical (unpaired) electrons. The van der Waals surface area contributed by atoms with Crippen molar-refractivity contribution in [3.05, 3.63) is 35.9 Å². The van der Waals surface area contributed by atoms with Crippen molar-refractivity contribution in [2.24, 2.45) is 0 Å². The summed E-state index contributed by atoms with van der Waals surface area (Å²) >= 11 is 0. The Hall–Kier alpha value is -5.22. The Bertz CT molecular complexity index is 1190. The second-order valence-corrected chi connectivity index (χ2v) is 9.39. The monoisotopic (exact) mass is 608 g/mol. The summed E-state index contributed by atoms with van der Waals surface area (Å²) in [5.74, 6) is -7.17. The Morgan fingerprint density at radius 1 is 0.628 bits per heavy atom. The van der Waals surface area contributed by atoms with Crippen molar-refractivity contribution in [1.82, 2.24) is 31.9 Å². The Morgan fingerprint density at radius 2 is 1.09 bits per heavy atom. The lowest BCUT2D eigenvalue weighted by Crippen LogP contribution is -2.58. The quantitative estimate of drug-likeness (QED) is 0.102. The van der Waals surface area contributed by atoms with Crippen LogP contribution in [-0.2, 0) is 44.9 Å². The summed E-state index contributed by atoms with van der Waals surface area (Å²) in [6.07, 6.45) is -1.73. The van der Waals surface area contributed by atoms with Crippen LogP contribution in [0.4, 0.5) is 4.79 Å². The maximum Gasteiger partial charge on any atom is 0.408 e. The first-order chi connectivity index (χ1) is 20.1. The molecule has 1 aromatic rings. The number of ether oxygens (including phenoxy) is 1. The number of carboxylic acids is 2. The van der Waals surface area contributed by atoms with Crippen molar-refractivity contribution < 1.29 is 53.3 Å². The van der Waals surface area contributed by atoms with Crippen LogP contribution in [0.5, 0.6) is 0 Å². The van der Waals surface area contributed by atoms with Gasteiger partial charge < -0.3 is 46.9 Å². The molecule has 0 fully saturated rings. The minimum atomic E-state index is -1.65. The van der Waals surface area contributed by atoms with E-state index in [2.05, 4.69) is 26.6 Å². The fourth-order valence-corrected chi connectivity index (χ4v) is 3.19. The molecule has 1 rings (SSSR count). The number of hydrogen-bond acceptors (Lipinski definition) is 9. The molecule has 17 nitrogen and oxygen atoms in total. The van der Waals surface area contributed by atoms with E-state index in [9.17, 15) is 38.4 Å². The van der Waals surface area contributed by atoms with Gasteiger partial charge in [-0.05, 0) is 33.3 Å². The second kappa shape index (κ2) is 17.6. The van der Waals surface area contributed by atoms with E-state index < -0.39 is 90.7 Å². The van der Waals surface area contributed by atoms with Gasteiger partial charge >= 0.3 is 18.0 Å². The zero-order valence-corrected chi connectivity index (χ0v) is 24.0. The summed E-state index contributed by atoms with van der Waals surface area (Å²) in [4.78, 5) is 95.8. The van der Waals surface area contributed by atoms with E-state index in [-0.39, 0.29) is 6.61 Å². The number of nitrogens with one attached hydrogen (secondary N) is 6. The van der Waals surface area contributed by atoms with Crippen LogP contribution in [0.2, 0.25) is 0 Å². The molecule has 8 N–H and O–H groups in total. The first-order valence-corrected chi connectivity index (χ1v) is 13.0. The lowest BCUT2D eigenvalue weighted by Gasteiger charge is -2.23. The van der Waals surface area contributed by atoms with E-state index >= 15 is 0 Å². The van der Waals surface area contributed by atoms with Crippen LogP contribution in [-0.4, -0.2) is 94.5 Å². The molecule has 17 heteroatoms. The molecule has 0 aromatic heterocycles. The van der Waals surface area contributed by atoms with Crippen LogP contribution >= 0.6 is 0 Å². The van der Waals surface area contributed by atoms with Crippen molar-refractivity contribution in [2.75, 3.05) is 6.54 Å². The fraction of sp³-hybridized carbons (Fsp3) is 0.462. The van der Waals surface area contributed by atoms with Crippen LogP contribution in [0.3, 0.4) is 0 Å². The van der Waals surface area contributed by atoms with Crippen molar-refractivity contribution >= 4 is 47.6 Å². The van der Waals surface area contributed by atoms with Crippen molar-refractivity contribution in [3.63, 3.8) is 0 Å². The normalized spacial score (nSPS) is 13.9. The zero-order valence-electron chi connectivity index (χ0n) is 24.0. The van der Waals surface area contributed by atoms with Crippen molar-refractivity contribution in [1.29, 1.82) is 0 Å². The number of carbonyl (C=O) groups is 8. The SMILES string of the molecule is C[C@H](NC(=O)OCc1ccccc1)C(=O)N[C@@H](C)C(=O)N[C@@H](C)C(=O)N[C@@H](CC(=O)O)C(=O)N[C@@H](C)C(=O)NCC(=O)O. The van der Waals surface area contributed by atoms with Gasteiger partial charge in [0.05, 0.1) is 6.42 Å². The highest BCUT2D eigenvalue weighted by atomic mass is 16.5. The van der Waals surface area contributed by atoms with Crippen molar-refractivity contribution in [3.8, 4) is 0 Å². The van der Waals surface area contributed by atoms with Gasteiger partial charge in [-0.2, -0.15) is 0 Å². The highest BCUT2D eigenvalue weighted by Gasteiger charge is 2.30. The van der Waals surface area contributed by atoms with E-state index in [4.69, 9.17) is 14.9 Å².